The fraction of sp³-hybridized carbons (Fsp3) is 0.455. The van der Waals surface area contributed by atoms with Crippen LogP contribution in [0.1, 0.15) is 6.42 Å². The summed E-state index contributed by atoms with van der Waals surface area (Å²) in [7, 11) is 2.99. The third kappa shape index (κ3) is 5.17. The van der Waals surface area contributed by atoms with Gasteiger partial charge in [0.15, 0.2) is 0 Å². The standard InChI is InChI=1S/C11H17N3O3/c1-16-7-3-6-12-10-5-4-9(8-13-10)14-11(15)17-2/h4-5,8H,3,6-7H2,1-2H3,(H,12,13)(H,14,15). The molecule has 0 saturated carbocycles. The monoisotopic (exact) mass is 239 g/mol. The summed E-state index contributed by atoms with van der Waals surface area (Å²) in [6.07, 6.45) is 1.98. The summed E-state index contributed by atoms with van der Waals surface area (Å²) in [5, 5.41) is 5.66. The SMILES string of the molecule is COCCCNc1ccc(NC(=O)OC)cn1. The third-order valence-electron chi connectivity index (χ3n) is 2.03. The van der Waals surface area contributed by atoms with E-state index in [0.717, 1.165) is 25.4 Å². The number of methoxy groups -OCH3 is 2. The lowest BCUT2D eigenvalue weighted by atomic mass is 10.4. The largest absolute Gasteiger partial charge is 0.453 e. The predicted octanol–water partition coefficient (Wildman–Crippen LogP) is 1.71. The molecular weight excluding hydrogens is 222 g/mol. The minimum atomic E-state index is -0.507. The van der Waals surface area contributed by atoms with Gasteiger partial charge in [-0.25, -0.2) is 9.78 Å². The third-order valence-corrected chi connectivity index (χ3v) is 2.03. The average molecular weight is 239 g/mol. The Morgan fingerprint density at radius 1 is 1.41 bits per heavy atom. The first-order valence-electron chi connectivity index (χ1n) is 5.30. The molecule has 2 N–H and O–H groups in total. The van der Waals surface area contributed by atoms with Crippen molar-refractivity contribution in [2.24, 2.45) is 0 Å². The molecule has 0 aromatic carbocycles. The number of pyridine rings is 1. The molecule has 0 aliphatic rings. The second-order valence-corrected chi connectivity index (χ2v) is 3.32. The van der Waals surface area contributed by atoms with Gasteiger partial charge in [-0.15, -0.1) is 0 Å². The Labute approximate surface area is 100 Å². The number of nitrogens with zero attached hydrogens (tertiary/aromatic N) is 1. The Kier molecular flexibility index (Phi) is 5.81. The van der Waals surface area contributed by atoms with Gasteiger partial charge in [0.05, 0.1) is 19.0 Å². The van der Waals surface area contributed by atoms with Crippen molar-refractivity contribution in [1.29, 1.82) is 0 Å². The number of amides is 1. The van der Waals surface area contributed by atoms with Crippen LogP contribution in [0, 0.1) is 0 Å². The number of rotatable bonds is 6. The number of carbonyl (C=O) groups excluding carboxylic acids is 1. The molecule has 6 heteroatoms. The maximum atomic E-state index is 10.9. The molecule has 1 rings (SSSR count). The van der Waals surface area contributed by atoms with Gasteiger partial charge in [-0.1, -0.05) is 0 Å². The van der Waals surface area contributed by atoms with Crippen LogP contribution in [0.15, 0.2) is 18.3 Å². The smallest absolute Gasteiger partial charge is 0.411 e. The van der Waals surface area contributed by atoms with Crippen molar-refractivity contribution < 1.29 is 14.3 Å². The zero-order valence-corrected chi connectivity index (χ0v) is 10.0. The summed E-state index contributed by atoms with van der Waals surface area (Å²) in [4.78, 5) is 15.1. The summed E-state index contributed by atoms with van der Waals surface area (Å²) in [5.41, 5.74) is 0.597. The Morgan fingerprint density at radius 2 is 2.24 bits per heavy atom. The first kappa shape index (κ1) is 13.2. The molecule has 1 heterocycles. The molecule has 0 aliphatic carbocycles. The number of hydrogen-bond acceptors (Lipinski definition) is 5. The van der Waals surface area contributed by atoms with Crippen molar-refractivity contribution in [3.63, 3.8) is 0 Å². The highest BCUT2D eigenvalue weighted by Crippen LogP contribution is 2.09. The number of nitrogens with one attached hydrogen (secondary N) is 2. The lowest BCUT2D eigenvalue weighted by Gasteiger charge is -2.06. The highest BCUT2D eigenvalue weighted by Gasteiger charge is 2.00. The molecule has 0 fully saturated rings. The molecular formula is C11H17N3O3. The van der Waals surface area contributed by atoms with Gasteiger partial charge in [0, 0.05) is 20.3 Å². The van der Waals surface area contributed by atoms with Crippen LogP contribution >= 0.6 is 0 Å². The molecule has 6 nitrogen and oxygen atoms in total. The molecule has 17 heavy (non-hydrogen) atoms. The van der Waals surface area contributed by atoms with E-state index in [1.807, 2.05) is 0 Å². The fourth-order valence-electron chi connectivity index (χ4n) is 1.17. The summed E-state index contributed by atoms with van der Waals surface area (Å²) in [5.74, 6) is 0.761. The maximum absolute atomic E-state index is 10.9. The summed E-state index contributed by atoms with van der Waals surface area (Å²) < 4.78 is 9.40. The molecule has 0 radical (unpaired) electrons. The summed E-state index contributed by atoms with van der Waals surface area (Å²) >= 11 is 0. The van der Waals surface area contributed by atoms with Crippen molar-refractivity contribution in [1.82, 2.24) is 4.98 Å². The average Bonchev–Trinajstić information content (AvgIpc) is 2.36. The van der Waals surface area contributed by atoms with Gasteiger partial charge in [0.2, 0.25) is 0 Å². The molecule has 94 valence electrons. The van der Waals surface area contributed by atoms with E-state index in [-0.39, 0.29) is 0 Å². The Balaban J connectivity index is 2.36. The van der Waals surface area contributed by atoms with E-state index < -0.39 is 6.09 Å². The Bertz CT molecular complexity index is 340. The molecule has 1 amide bonds. The second kappa shape index (κ2) is 7.45. The number of ether oxygens (including phenoxy) is 2. The topological polar surface area (TPSA) is 72.5 Å². The van der Waals surface area contributed by atoms with Gasteiger partial charge in [-0.3, -0.25) is 5.32 Å². The number of anilines is 2. The minimum absolute atomic E-state index is 0.507. The fourth-order valence-corrected chi connectivity index (χ4v) is 1.17. The second-order valence-electron chi connectivity index (χ2n) is 3.32. The Morgan fingerprint density at radius 3 is 2.82 bits per heavy atom. The van der Waals surface area contributed by atoms with Gasteiger partial charge < -0.3 is 14.8 Å². The zero-order valence-electron chi connectivity index (χ0n) is 10.0. The molecule has 0 bridgehead atoms. The predicted molar refractivity (Wildman–Crippen MR) is 65.2 cm³/mol. The Hall–Kier alpha value is -1.82. The van der Waals surface area contributed by atoms with Crippen molar-refractivity contribution in [3.8, 4) is 0 Å². The van der Waals surface area contributed by atoms with E-state index in [4.69, 9.17) is 4.74 Å². The number of hydrogen-bond donors (Lipinski definition) is 2. The van der Waals surface area contributed by atoms with E-state index in [9.17, 15) is 4.79 Å². The lowest BCUT2D eigenvalue weighted by Crippen LogP contribution is -2.11. The highest BCUT2D eigenvalue weighted by atomic mass is 16.5. The van der Waals surface area contributed by atoms with Gasteiger partial charge in [-0.05, 0) is 18.6 Å². The first-order valence-corrected chi connectivity index (χ1v) is 5.30. The summed E-state index contributed by atoms with van der Waals surface area (Å²) in [6.45, 7) is 1.51. The maximum Gasteiger partial charge on any atom is 0.411 e. The van der Waals surface area contributed by atoms with Crippen LogP contribution in [0.4, 0.5) is 16.3 Å². The van der Waals surface area contributed by atoms with Crippen LogP contribution in [-0.2, 0) is 9.47 Å². The van der Waals surface area contributed by atoms with Gasteiger partial charge in [0.25, 0.3) is 0 Å². The molecule has 0 unspecified atom stereocenters. The molecule has 0 atom stereocenters. The van der Waals surface area contributed by atoms with Gasteiger partial charge >= 0.3 is 6.09 Å². The highest BCUT2D eigenvalue weighted by molar-refractivity contribution is 5.84. The van der Waals surface area contributed by atoms with E-state index in [0.29, 0.717) is 5.69 Å². The molecule has 0 aliphatic heterocycles. The van der Waals surface area contributed by atoms with E-state index in [1.165, 1.54) is 7.11 Å². The first-order chi connectivity index (χ1) is 8.26. The normalized spacial score (nSPS) is 9.76. The zero-order chi connectivity index (χ0) is 12.5. The molecule has 1 aromatic heterocycles. The van der Waals surface area contributed by atoms with Crippen LogP contribution in [0.5, 0.6) is 0 Å². The van der Waals surface area contributed by atoms with E-state index >= 15 is 0 Å². The molecule has 0 saturated heterocycles. The number of carbonyl (C=O) groups is 1. The van der Waals surface area contributed by atoms with Gasteiger partial charge in [0.1, 0.15) is 5.82 Å². The molecule has 1 aromatic rings. The van der Waals surface area contributed by atoms with Crippen molar-refractivity contribution in [3.05, 3.63) is 18.3 Å². The van der Waals surface area contributed by atoms with E-state index in [1.54, 1.807) is 25.4 Å². The van der Waals surface area contributed by atoms with Crippen LogP contribution in [0.2, 0.25) is 0 Å². The summed E-state index contributed by atoms with van der Waals surface area (Å²) in [6, 6.07) is 3.54. The van der Waals surface area contributed by atoms with Crippen LogP contribution in [0.25, 0.3) is 0 Å². The van der Waals surface area contributed by atoms with Crippen molar-refractivity contribution in [2.45, 2.75) is 6.42 Å². The quantitative estimate of drug-likeness (QED) is 0.739. The van der Waals surface area contributed by atoms with Crippen LogP contribution in [-0.4, -0.2) is 38.4 Å². The van der Waals surface area contributed by atoms with Crippen LogP contribution < -0.4 is 10.6 Å². The van der Waals surface area contributed by atoms with Crippen molar-refractivity contribution in [2.75, 3.05) is 38.0 Å². The van der Waals surface area contributed by atoms with Crippen LogP contribution in [0.3, 0.4) is 0 Å². The molecule has 0 spiro atoms. The van der Waals surface area contributed by atoms with Crippen molar-refractivity contribution >= 4 is 17.6 Å². The van der Waals surface area contributed by atoms with Gasteiger partial charge in [-0.2, -0.15) is 0 Å². The minimum Gasteiger partial charge on any atom is -0.453 e. The lowest BCUT2D eigenvalue weighted by molar-refractivity contribution is 0.187. The number of aromatic nitrogens is 1. The van der Waals surface area contributed by atoms with E-state index in [2.05, 4.69) is 20.4 Å².